The summed E-state index contributed by atoms with van der Waals surface area (Å²) >= 11 is 0. The first-order chi connectivity index (χ1) is 15.5. The Kier molecular flexibility index (Phi) is 8.43. The Labute approximate surface area is 198 Å². The topological polar surface area (TPSA) is 85.4 Å². The molecule has 1 atom stereocenters. The highest BCUT2D eigenvalue weighted by atomic mass is 35.5. The van der Waals surface area contributed by atoms with E-state index in [4.69, 9.17) is 14.2 Å². The summed E-state index contributed by atoms with van der Waals surface area (Å²) in [5.41, 5.74) is 1.83. The van der Waals surface area contributed by atoms with Crippen molar-refractivity contribution in [3.63, 3.8) is 0 Å². The highest BCUT2D eigenvalue weighted by Crippen LogP contribution is 2.23. The van der Waals surface area contributed by atoms with Gasteiger partial charge in [0.1, 0.15) is 11.9 Å². The number of hydrogen-bond donors (Lipinski definition) is 0. The van der Waals surface area contributed by atoms with Crippen molar-refractivity contribution in [1.29, 1.82) is 0 Å². The lowest BCUT2D eigenvalue weighted by Gasteiger charge is -2.31. The van der Waals surface area contributed by atoms with Gasteiger partial charge in [-0.3, -0.25) is 19.4 Å². The van der Waals surface area contributed by atoms with E-state index in [1.807, 2.05) is 19.1 Å². The molecule has 1 saturated heterocycles. The Balaban J connectivity index is 0.00000306. The van der Waals surface area contributed by atoms with Gasteiger partial charge < -0.3 is 14.2 Å². The first-order valence-electron chi connectivity index (χ1n) is 10.7. The number of imide groups is 1. The number of nitrogens with zero attached hydrogens (tertiary/aromatic N) is 2. The van der Waals surface area contributed by atoms with Crippen LogP contribution in [0.4, 0.5) is 0 Å². The Morgan fingerprint density at radius 3 is 2.18 bits per heavy atom. The minimum absolute atomic E-state index is 0. The second-order valence-electron chi connectivity index (χ2n) is 7.89. The highest BCUT2D eigenvalue weighted by molar-refractivity contribution is 6.21. The first kappa shape index (κ1) is 24.7. The maximum Gasteiger partial charge on any atom is 0.344 e. The number of rotatable bonds is 8. The molecular formula is C24H27ClN2O6. The minimum Gasteiger partial charge on any atom is -0.482 e. The summed E-state index contributed by atoms with van der Waals surface area (Å²) in [6.07, 6.45) is -0.676. The fourth-order valence-electron chi connectivity index (χ4n) is 3.81. The van der Waals surface area contributed by atoms with Crippen LogP contribution in [0, 0.1) is 6.92 Å². The highest BCUT2D eigenvalue weighted by Gasteiger charge is 2.37. The number of aryl methyl sites for hydroxylation is 1. The fraction of sp³-hybridized carbons (Fsp3) is 0.375. The molecule has 33 heavy (non-hydrogen) atoms. The third-order valence-electron chi connectivity index (χ3n) is 5.51. The molecule has 9 heteroatoms. The molecule has 2 aromatic rings. The van der Waals surface area contributed by atoms with Crippen LogP contribution in [0.15, 0.2) is 48.5 Å². The van der Waals surface area contributed by atoms with E-state index < -0.39 is 12.1 Å². The van der Waals surface area contributed by atoms with E-state index in [1.54, 1.807) is 36.4 Å². The zero-order valence-electron chi connectivity index (χ0n) is 18.4. The molecule has 0 N–H and O–H groups in total. The van der Waals surface area contributed by atoms with E-state index in [0.29, 0.717) is 49.7 Å². The van der Waals surface area contributed by atoms with Gasteiger partial charge in [0.25, 0.3) is 11.8 Å². The number of fused-ring (bicyclic) bond motifs is 1. The number of esters is 1. The molecule has 0 bridgehead atoms. The molecule has 4 rings (SSSR count). The van der Waals surface area contributed by atoms with Gasteiger partial charge in [-0.2, -0.15) is 0 Å². The van der Waals surface area contributed by atoms with Gasteiger partial charge in [0.15, 0.2) is 6.61 Å². The standard InChI is InChI=1S/C24H26N2O6.ClH/c1-17-6-8-18(9-7-17)31-16-22(27)32-19(14-25-10-12-30-13-11-25)15-26-23(28)20-4-2-3-5-21(20)24(26)29;/h2-9,19H,10-16H2,1H3;1H. The van der Waals surface area contributed by atoms with Crippen LogP contribution in [0.5, 0.6) is 5.75 Å². The van der Waals surface area contributed by atoms with Crippen LogP contribution in [0.3, 0.4) is 0 Å². The quantitative estimate of drug-likeness (QED) is 0.429. The number of halogens is 1. The van der Waals surface area contributed by atoms with Crippen molar-refractivity contribution in [3.8, 4) is 5.75 Å². The molecule has 2 aliphatic rings. The van der Waals surface area contributed by atoms with E-state index in [0.717, 1.165) is 10.5 Å². The van der Waals surface area contributed by atoms with E-state index in [9.17, 15) is 14.4 Å². The van der Waals surface area contributed by atoms with Crippen molar-refractivity contribution in [3.05, 3.63) is 65.2 Å². The lowest BCUT2D eigenvalue weighted by atomic mass is 10.1. The molecule has 1 unspecified atom stereocenters. The van der Waals surface area contributed by atoms with Crippen molar-refractivity contribution in [2.75, 3.05) is 46.0 Å². The average molecular weight is 475 g/mol. The second kappa shape index (κ2) is 11.3. The maximum atomic E-state index is 12.8. The van der Waals surface area contributed by atoms with E-state index in [2.05, 4.69) is 4.90 Å². The zero-order valence-corrected chi connectivity index (χ0v) is 19.2. The number of morpholine rings is 1. The van der Waals surface area contributed by atoms with Gasteiger partial charge in [-0.15, -0.1) is 12.4 Å². The van der Waals surface area contributed by atoms with Crippen LogP contribution in [0.25, 0.3) is 0 Å². The van der Waals surface area contributed by atoms with Gasteiger partial charge in [0, 0.05) is 19.6 Å². The molecule has 0 saturated carbocycles. The van der Waals surface area contributed by atoms with Gasteiger partial charge in [0.2, 0.25) is 0 Å². The predicted molar refractivity (Wildman–Crippen MR) is 123 cm³/mol. The summed E-state index contributed by atoms with van der Waals surface area (Å²) in [6, 6.07) is 14.1. The lowest BCUT2D eigenvalue weighted by molar-refractivity contribution is -0.153. The van der Waals surface area contributed by atoms with Crippen LogP contribution in [0.1, 0.15) is 26.3 Å². The molecular weight excluding hydrogens is 448 g/mol. The normalized spacial score (nSPS) is 16.7. The van der Waals surface area contributed by atoms with Crippen LogP contribution < -0.4 is 4.74 Å². The summed E-state index contributed by atoms with van der Waals surface area (Å²) in [5.74, 6) is -0.730. The Bertz CT molecular complexity index is 956. The predicted octanol–water partition coefficient (Wildman–Crippen LogP) is 2.34. The largest absolute Gasteiger partial charge is 0.482 e. The van der Waals surface area contributed by atoms with Crippen molar-refractivity contribution >= 4 is 30.2 Å². The van der Waals surface area contributed by atoms with Gasteiger partial charge in [0.05, 0.1) is 30.9 Å². The van der Waals surface area contributed by atoms with Gasteiger partial charge >= 0.3 is 5.97 Å². The number of amides is 2. The smallest absolute Gasteiger partial charge is 0.344 e. The number of benzene rings is 2. The number of ether oxygens (including phenoxy) is 3. The minimum atomic E-state index is -0.676. The fourth-order valence-corrected chi connectivity index (χ4v) is 3.81. The van der Waals surface area contributed by atoms with E-state index >= 15 is 0 Å². The SMILES string of the molecule is Cc1ccc(OCC(=O)OC(CN2CCOCC2)CN2C(=O)c3ccccc3C2=O)cc1.Cl. The molecule has 2 amide bonds. The van der Waals surface area contributed by atoms with Crippen LogP contribution in [-0.2, 0) is 14.3 Å². The molecule has 0 spiro atoms. The Morgan fingerprint density at radius 1 is 0.970 bits per heavy atom. The molecule has 176 valence electrons. The summed E-state index contributed by atoms with van der Waals surface area (Å²) < 4.78 is 16.6. The molecule has 2 heterocycles. The monoisotopic (exact) mass is 474 g/mol. The van der Waals surface area contributed by atoms with E-state index in [1.165, 1.54) is 0 Å². The van der Waals surface area contributed by atoms with Crippen molar-refractivity contribution in [2.45, 2.75) is 13.0 Å². The summed E-state index contributed by atoms with van der Waals surface area (Å²) in [6.45, 7) is 4.64. The molecule has 2 aromatic carbocycles. The molecule has 0 aromatic heterocycles. The van der Waals surface area contributed by atoms with Crippen LogP contribution in [-0.4, -0.2) is 79.7 Å². The molecule has 0 aliphatic carbocycles. The lowest BCUT2D eigenvalue weighted by Crippen LogP contribution is -2.47. The van der Waals surface area contributed by atoms with Crippen LogP contribution >= 0.6 is 12.4 Å². The number of carbonyl (C=O) groups is 3. The third kappa shape index (κ3) is 6.10. The van der Waals surface area contributed by atoms with Gasteiger partial charge in [-0.05, 0) is 31.2 Å². The molecule has 2 aliphatic heterocycles. The Morgan fingerprint density at radius 2 is 1.58 bits per heavy atom. The molecule has 1 fully saturated rings. The summed E-state index contributed by atoms with van der Waals surface area (Å²) in [5, 5.41) is 0. The maximum absolute atomic E-state index is 12.8. The number of carbonyl (C=O) groups excluding carboxylic acids is 3. The summed E-state index contributed by atoms with van der Waals surface area (Å²) in [7, 11) is 0. The molecule has 0 radical (unpaired) electrons. The van der Waals surface area contributed by atoms with E-state index in [-0.39, 0.29) is 37.4 Å². The van der Waals surface area contributed by atoms with Gasteiger partial charge in [-0.1, -0.05) is 29.8 Å². The van der Waals surface area contributed by atoms with Crippen molar-refractivity contribution in [1.82, 2.24) is 9.80 Å². The molecule has 8 nitrogen and oxygen atoms in total. The second-order valence-corrected chi connectivity index (χ2v) is 7.89. The van der Waals surface area contributed by atoms with Crippen LogP contribution in [0.2, 0.25) is 0 Å². The third-order valence-corrected chi connectivity index (χ3v) is 5.51. The first-order valence-corrected chi connectivity index (χ1v) is 10.7. The Hall–Kier alpha value is -2.94. The average Bonchev–Trinajstić information content (AvgIpc) is 3.04. The van der Waals surface area contributed by atoms with Gasteiger partial charge in [-0.25, -0.2) is 4.79 Å². The van der Waals surface area contributed by atoms with Crippen molar-refractivity contribution in [2.24, 2.45) is 0 Å². The zero-order chi connectivity index (χ0) is 22.5. The number of hydrogen-bond acceptors (Lipinski definition) is 7. The van der Waals surface area contributed by atoms with Crippen molar-refractivity contribution < 1.29 is 28.6 Å². The summed E-state index contributed by atoms with van der Waals surface area (Å²) in [4.78, 5) is 41.3.